The number of amides is 1. The van der Waals surface area contributed by atoms with Crippen molar-refractivity contribution in [2.45, 2.75) is 11.8 Å². The predicted octanol–water partition coefficient (Wildman–Crippen LogP) is 4.75. The number of carbonyl (C=O) groups excluding carboxylic acids is 1. The van der Waals surface area contributed by atoms with Gasteiger partial charge in [0.05, 0.1) is 21.2 Å². The fourth-order valence-corrected chi connectivity index (χ4v) is 4.22. The summed E-state index contributed by atoms with van der Waals surface area (Å²) in [7, 11) is -0.673. The number of sulfonamides is 1. The standard InChI is InChI=1S/C22H21ClN2O3S/c1-16-9-12-19(13-10-16)29(27,28)25(3)18-11-14-21(23)20(15-18)22(26)24(2)17-7-5-4-6-8-17/h4-15H,1-3H3. The quantitative estimate of drug-likeness (QED) is 0.589. The van der Waals surface area contributed by atoms with Crippen molar-refractivity contribution < 1.29 is 13.2 Å². The summed E-state index contributed by atoms with van der Waals surface area (Å²) >= 11 is 6.26. The number of carbonyl (C=O) groups is 1. The van der Waals surface area contributed by atoms with Crippen molar-refractivity contribution in [3.63, 3.8) is 0 Å². The lowest BCUT2D eigenvalue weighted by atomic mass is 10.1. The first-order chi connectivity index (χ1) is 13.7. The molecule has 0 unspecified atom stereocenters. The van der Waals surface area contributed by atoms with Crippen LogP contribution in [-0.2, 0) is 10.0 Å². The monoisotopic (exact) mass is 428 g/mol. The highest BCUT2D eigenvalue weighted by molar-refractivity contribution is 7.92. The van der Waals surface area contributed by atoms with E-state index in [0.29, 0.717) is 11.4 Å². The third-order valence-electron chi connectivity index (χ3n) is 4.67. The second-order valence-electron chi connectivity index (χ2n) is 6.65. The average molecular weight is 429 g/mol. The van der Waals surface area contributed by atoms with Gasteiger partial charge in [0, 0.05) is 19.8 Å². The molecule has 0 aliphatic carbocycles. The Morgan fingerprint density at radius 1 is 0.862 bits per heavy atom. The molecule has 0 aliphatic rings. The summed E-state index contributed by atoms with van der Waals surface area (Å²) in [4.78, 5) is 14.6. The molecule has 0 radical (unpaired) electrons. The van der Waals surface area contributed by atoms with E-state index in [0.717, 1.165) is 9.87 Å². The van der Waals surface area contributed by atoms with Crippen LogP contribution in [-0.4, -0.2) is 28.4 Å². The van der Waals surface area contributed by atoms with Crippen LogP contribution in [0.15, 0.2) is 77.7 Å². The summed E-state index contributed by atoms with van der Waals surface area (Å²) < 4.78 is 27.1. The highest BCUT2D eigenvalue weighted by Crippen LogP contribution is 2.28. The number of halogens is 1. The zero-order valence-electron chi connectivity index (χ0n) is 16.3. The minimum atomic E-state index is -3.77. The van der Waals surface area contributed by atoms with E-state index in [1.54, 1.807) is 37.4 Å². The van der Waals surface area contributed by atoms with Gasteiger partial charge in [-0.3, -0.25) is 9.10 Å². The van der Waals surface area contributed by atoms with E-state index < -0.39 is 10.0 Å². The summed E-state index contributed by atoms with van der Waals surface area (Å²) in [6.07, 6.45) is 0. The number of aryl methyl sites for hydroxylation is 1. The van der Waals surface area contributed by atoms with Crippen LogP contribution in [0.1, 0.15) is 15.9 Å². The SMILES string of the molecule is Cc1ccc(S(=O)(=O)N(C)c2ccc(Cl)c(C(=O)N(C)c3ccccc3)c2)cc1. The minimum absolute atomic E-state index is 0.176. The molecule has 3 aromatic rings. The average Bonchev–Trinajstić information content (AvgIpc) is 2.73. The molecule has 0 aliphatic heterocycles. The fourth-order valence-electron chi connectivity index (χ4n) is 2.83. The van der Waals surface area contributed by atoms with Gasteiger partial charge in [-0.15, -0.1) is 0 Å². The molecule has 0 aromatic heterocycles. The van der Waals surface area contributed by atoms with Crippen LogP contribution in [0.4, 0.5) is 11.4 Å². The molecule has 0 heterocycles. The smallest absolute Gasteiger partial charge is 0.264 e. The number of anilines is 2. The maximum atomic E-state index is 13.0. The summed E-state index contributed by atoms with van der Waals surface area (Å²) in [5.74, 6) is -0.329. The topological polar surface area (TPSA) is 57.7 Å². The van der Waals surface area contributed by atoms with Crippen LogP contribution in [0.3, 0.4) is 0 Å². The van der Waals surface area contributed by atoms with Gasteiger partial charge in [0.25, 0.3) is 15.9 Å². The number of para-hydroxylation sites is 1. The van der Waals surface area contributed by atoms with E-state index in [1.165, 1.54) is 24.1 Å². The molecule has 1 amide bonds. The van der Waals surface area contributed by atoms with E-state index in [1.807, 2.05) is 37.3 Å². The lowest BCUT2D eigenvalue weighted by molar-refractivity contribution is 0.0993. The Balaban J connectivity index is 1.96. The van der Waals surface area contributed by atoms with Crippen LogP contribution in [0, 0.1) is 6.92 Å². The molecule has 0 saturated heterocycles. The second kappa shape index (κ2) is 8.27. The van der Waals surface area contributed by atoms with Gasteiger partial charge in [-0.05, 0) is 49.4 Å². The second-order valence-corrected chi connectivity index (χ2v) is 9.03. The van der Waals surface area contributed by atoms with Gasteiger partial charge in [-0.1, -0.05) is 47.5 Å². The van der Waals surface area contributed by atoms with Gasteiger partial charge in [0.2, 0.25) is 0 Å². The van der Waals surface area contributed by atoms with Crippen LogP contribution in [0.5, 0.6) is 0 Å². The molecule has 0 N–H and O–H groups in total. The maximum Gasteiger partial charge on any atom is 0.264 e. The normalized spacial score (nSPS) is 11.2. The first-order valence-electron chi connectivity index (χ1n) is 8.90. The molecule has 7 heteroatoms. The van der Waals surface area contributed by atoms with Crippen molar-refractivity contribution in [1.29, 1.82) is 0 Å². The van der Waals surface area contributed by atoms with Crippen molar-refractivity contribution in [2.24, 2.45) is 0 Å². The van der Waals surface area contributed by atoms with Gasteiger partial charge in [-0.2, -0.15) is 0 Å². The maximum absolute atomic E-state index is 13.0. The van der Waals surface area contributed by atoms with Gasteiger partial charge in [-0.25, -0.2) is 8.42 Å². The predicted molar refractivity (Wildman–Crippen MR) is 117 cm³/mol. The molecule has 29 heavy (non-hydrogen) atoms. The van der Waals surface area contributed by atoms with Gasteiger partial charge in [0.1, 0.15) is 0 Å². The largest absolute Gasteiger partial charge is 0.311 e. The fraction of sp³-hybridized carbons (Fsp3) is 0.136. The summed E-state index contributed by atoms with van der Waals surface area (Å²) in [5.41, 5.74) is 2.25. The molecule has 0 atom stereocenters. The molecular formula is C22H21ClN2O3S. The Morgan fingerprint density at radius 2 is 1.48 bits per heavy atom. The van der Waals surface area contributed by atoms with Gasteiger partial charge < -0.3 is 4.90 Å². The Bertz CT molecular complexity index is 1130. The summed E-state index contributed by atoms with van der Waals surface area (Å²) in [6, 6.07) is 20.4. The Labute approximate surface area is 176 Å². The van der Waals surface area contributed by atoms with Crippen LogP contribution in [0.25, 0.3) is 0 Å². The van der Waals surface area contributed by atoms with Crippen LogP contribution >= 0.6 is 11.6 Å². The molecule has 3 rings (SSSR count). The van der Waals surface area contributed by atoms with Crippen molar-refractivity contribution in [3.8, 4) is 0 Å². The van der Waals surface area contributed by atoms with E-state index in [2.05, 4.69) is 0 Å². The summed E-state index contributed by atoms with van der Waals surface area (Å²) in [5, 5.41) is 0.252. The lowest BCUT2D eigenvalue weighted by Crippen LogP contribution is -2.28. The molecule has 0 spiro atoms. The van der Waals surface area contributed by atoms with Crippen LogP contribution in [0.2, 0.25) is 5.02 Å². The number of hydrogen-bond donors (Lipinski definition) is 0. The molecule has 5 nitrogen and oxygen atoms in total. The first-order valence-corrected chi connectivity index (χ1v) is 10.7. The summed E-state index contributed by atoms with van der Waals surface area (Å²) in [6.45, 7) is 1.89. The molecule has 150 valence electrons. The zero-order valence-corrected chi connectivity index (χ0v) is 17.9. The molecule has 0 saturated carbocycles. The molecule has 3 aromatic carbocycles. The lowest BCUT2D eigenvalue weighted by Gasteiger charge is -2.22. The Morgan fingerprint density at radius 3 is 2.10 bits per heavy atom. The van der Waals surface area contributed by atoms with Crippen molar-refractivity contribution in [3.05, 3.63) is 88.9 Å². The minimum Gasteiger partial charge on any atom is -0.311 e. The zero-order chi connectivity index (χ0) is 21.2. The molecule has 0 bridgehead atoms. The molecular weight excluding hydrogens is 408 g/mol. The number of hydrogen-bond acceptors (Lipinski definition) is 3. The molecule has 0 fully saturated rings. The van der Waals surface area contributed by atoms with Crippen molar-refractivity contribution in [2.75, 3.05) is 23.3 Å². The van der Waals surface area contributed by atoms with E-state index in [-0.39, 0.29) is 21.4 Å². The third-order valence-corrected chi connectivity index (χ3v) is 6.80. The number of rotatable bonds is 5. The van der Waals surface area contributed by atoms with Crippen LogP contribution < -0.4 is 9.21 Å². The van der Waals surface area contributed by atoms with Gasteiger partial charge in [0.15, 0.2) is 0 Å². The van der Waals surface area contributed by atoms with Crippen molar-refractivity contribution >= 4 is 38.9 Å². The Kier molecular flexibility index (Phi) is 5.96. The highest BCUT2D eigenvalue weighted by atomic mass is 35.5. The van der Waals surface area contributed by atoms with Gasteiger partial charge >= 0.3 is 0 Å². The van der Waals surface area contributed by atoms with E-state index in [4.69, 9.17) is 11.6 Å². The Hall–Kier alpha value is -2.83. The van der Waals surface area contributed by atoms with Crippen molar-refractivity contribution in [1.82, 2.24) is 0 Å². The number of nitrogens with zero attached hydrogens (tertiary/aromatic N) is 2. The highest BCUT2D eigenvalue weighted by Gasteiger charge is 2.24. The van der Waals surface area contributed by atoms with E-state index >= 15 is 0 Å². The number of benzene rings is 3. The third kappa shape index (κ3) is 4.28. The first kappa shape index (κ1) is 20.9. The van der Waals surface area contributed by atoms with E-state index in [9.17, 15) is 13.2 Å².